The number of fused-ring (bicyclic) bond motifs is 1. The van der Waals surface area contributed by atoms with Crippen LogP contribution < -0.4 is 10.6 Å². The minimum Gasteiger partial charge on any atom is -0.461 e. The number of hydrogen-bond acceptors (Lipinski definition) is 5. The summed E-state index contributed by atoms with van der Waals surface area (Å²) < 4.78 is 5.60. The second kappa shape index (κ2) is 9.73. The largest absolute Gasteiger partial charge is 0.461 e. The predicted octanol–water partition coefficient (Wildman–Crippen LogP) is 2.58. The molecule has 0 spiro atoms. The molecule has 2 amide bonds. The molecule has 2 aromatic rings. The van der Waals surface area contributed by atoms with Crippen LogP contribution in [0.4, 0.5) is 5.69 Å². The van der Waals surface area contributed by atoms with E-state index in [9.17, 15) is 14.9 Å². The molecule has 1 aromatic heterocycles. The zero-order chi connectivity index (χ0) is 22.5. The molecule has 2 saturated heterocycles. The Kier molecular flexibility index (Phi) is 6.59. The Labute approximate surface area is 187 Å². The first-order chi connectivity index (χ1) is 15.5. The highest BCUT2D eigenvalue weighted by molar-refractivity contribution is 5.98. The zero-order valence-corrected chi connectivity index (χ0v) is 18.3. The van der Waals surface area contributed by atoms with Crippen LogP contribution in [0.3, 0.4) is 0 Å². The molecule has 4 rings (SSSR count). The minimum atomic E-state index is -0.646. The molecule has 2 N–H and O–H groups in total. The van der Waals surface area contributed by atoms with Crippen LogP contribution in [0.25, 0.3) is 11.0 Å². The molecular formula is C23H28N6O3. The van der Waals surface area contributed by atoms with Gasteiger partial charge in [-0.2, -0.15) is 5.26 Å². The number of nitriles is 1. The van der Waals surface area contributed by atoms with E-state index in [1.54, 1.807) is 4.90 Å². The van der Waals surface area contributed by atoms with Gasteiger partial charge in [-0.05, 0) is 63.3 Å². The molecule has 2 aliphatic rings. The van der Waals surface area contributed by atoms with Crippen molar-refractivity contribution in [1.82, 2.24) is 15.1 Å². The average Bonchev–Trinajstić information content (AvgIpc) is 3.39. The summed E-state index contributed by atoms with van der Waals surface area (Å²) in [5.41, 5.74) is 1.50. The molecule has 0 radical (unpaired) electrons. The number of rotatable bonds is 4. The molecule has 0 saturated carbocycles. The van der Waals surface area contributed by atoms with E-state index in [1.807, 2.05) is 42.3 Å². The average molecular weight is 437 g/mol. The van der Waals surface area contributed by atoms with Crippen LogP contribution >= 0.6 is 0 Å². The number of amides is 2. The topological polar surface area (TPSA) is 114 Å². The van der Waals surface area contributed by atoms with E-state index in [2.05, 4.69) is 15.6 Å². The maximum absolute atomic E-state index is 13.2. The lowest BCUT2D eigenvalue weighted by Gasteiger charge is -2.25. The Hall–Kier alpha value is -3.54. The number of aliphatic imine (C=N–C) groups is 1. The predicted molar refractivity (Wildman–Crippen MR) is 121 cm³/mol. The molecule has 0 aliphatic carbocycles. The summed E-state index contributed by atoms with van der Waals surface area (Å²) in [4.78, 5) is 33.7. The summed E-state index contributed by atoms with van der Waals surface area (Å²) in [5.74, 6) is 0.847. The van der Waals surface area contributed by atoms with Gasteiger partial charge in [0.25, 0.3) is 0 Å². The third kappa shape index (κ3) is 5.02. The summed E-state index contributed by atoms with van der Waals surface area (Å²) in [6.45, 7) is 4.06. The molecule has 3 heterocycles. The van der Waals surface area contributed by atoms with Gasteiger partial charge in [-0.25, -0.2) is 4.99 Å². The highest BCUT2D eigenvalue weighted by atomic mass is 16.3. The summed E-state index contributed by atoms with van der Waals surface area (Å²) >= 11 is 0. The van der Waals surface area contributed by atoms with Gasteiger partial charge in [0.05, 0.1) is 6.54 Å². The second-order valence-electron chi connectivity index (χ2n) is 8.31. The standard InChI is InChI=1S/C23H28N6O3/c1-16-12-17-13-18(7-8-20(17)32-16)26-23(25-15-24)27-19-6-2-3-11-29(22(19)31)14-21(30)28-9-4-5-10-28/h7-8,12-13,19H,2-6,9-11,14H2,1H3,(H2,25,26,27)/t19-/m1/s1. The lowest BCUT2D eigenvalue weighted by Crippen LogP contribution is -2.45. The third-order valence-corrected chi connectivity index (χ3v) is 5.90. The summed E-state index contributed by atoms with van der Waals surface area (Å²) in [6, 6.07) is 6.86. The van der Waals surface area contributed by atoms with Crippen molar-refractivity contribution in [2.75, 3.05) is 31.5 Å². The van der Waals surface area contributed by atoms with Crippen molar-refractivity contribution in [2.24, 2.45) is 4.99 Å². The number of nitrogens with zero attached hydrogens (tertiary/aromatic N) is 4. The molecule has 0 unspecified atom stereocenters. The van der Waals surface area contributed by atoms with E-state index in [4.69, 9.17) is 4.42 Å². The van der Waals surface area contributed by atoms with E-state index >= 15 is 0 Å². The first-order valence-corrected chi connectivity index (χ1v) is 11.1. The number of carbonyl (C=O) groups excluding carboxylic acids is 2. The van der Waals surface area contributed by atoms with Crippen LogP contribution in [0.1, 0.15) is 37.9 Å². The van der Waals surface area contributed by atoms with E-state index in [1.165, 1.54) is 0 Å². The molecule has 168 valence electrons. The molecule has 9 heteroatoms. The van der Waals surface area contributed by atoms with Crippen LogP contribution in [0.15, 0.2) is 33.7 Å². The Morgan fingerprint density at radius 1 is 1.22 bits per heavy atom. The Morgan fingerprint density at radius 2 is 2.00 bits per heavy atom. The Morgan fingerprint density at radius 3 is 2.78 bits per heavy atom. The van der Waals surface area contributed by atoms with Crippen LogP contribution in [-0.4, -0.2) is 59.8 Å². The molecule has 2 fully saturated rings. The highest BCUT2D eigenvalue weighted by Crippen LogP contribution is 2.23. The van der Waals surface area contributed by atoms with Crippen molar-refractivity contribution in [1.29, 1.82) is 5.26 Å². The van der Waals surface area contributed by atoms with Gasteiger partial charge in [-0.3, -0.25) is 14.9 Å². The Balaban J connectivity index is 1.49. The van der Waals surface area contributed by atoms with E-state index in [0.29, 0.717) is 13.0 Å². The van der Waals surface area contributed by atoms with Gasteiger partial charge in [-0.15, -0.1) is 0 Å². The number of furan rings is 1. The van der Waals surface area contributed by atoms with Crippen LogP contribution in [0.5, 0.6) is 0 Å². The zero-order valence-electron chi connectivity index (χ0n) is 18.3. The SMILES string of the molecule is Cc1cc2cc(NC(=N[C@@H]3CCCCN(CC(=O)N4CCCC4)C3=O)NC#N)ccc2o1. The molecule has 9 nitrogen and oxygen atoms in total. The monoisotopic (exact) mass is 436 g/mol. The molecule has 0 bridgehead atoms. The van der Waals surface area contributed by atoms with Crippen molar-refractivity contribution >= 4 is 34.4 Å². The fourth-order valence-corrected chi connectivity index (χ4v) is 4.29. The number of benzene rings is 1. The van der Waals surface area contributed by atoms with Gasteiger partial charge in [0.1, 0.15) is 17.4 Å². The van der Waals surface area contributed by atoms with Gasteiger partial charge < -0.3 is 19.5 Å². The number of anilines is 1. The lowest BCUT2D eigenvalue weighted by molar-refractivity contribution is -0.140. The smallest absolute Gasteiger partial charge is 0.247 e. The molecular weight excluding hydrogens is 408 g/mol. The number of guanidine groups is 1. The maximum Gasteiger partial charge on any atom is 0.247 e. The number of hydrogen-bond donors (Lipinski definition) is 2. The fraction of sp³-hybridized carbons (Fsp3) is 0.478. The van der Waals surface area contributed by atoms with Gasteiger partial charge in [0.2, 0.25) is 17.8 Å². The third-order valence-electron chi connectivity index (χ3n) is 5.90. The normalized spacial score (nSPS) is 19.7. The molecule has 2 aliphatic heterocycles. The van der Waals surface area contributed by atoms with Crippen molar-refractivity contribution in [3.05, 3.63) is 30.0 Å². The first kappa shape index (κ1) is 21.7. The Bertz CT molecular complexity index is 1060. The molecule has 1 atom stereocenters. The van der Waals surface area contributed by atoms with Crippen LogP contribution in [-0.2, 0) is 9.59 Å². The van der Waals surface area contributed by atoms with Crippen molar-refractivity contribution in [2.45, 2.75) is 45.1 Å². The van der Waals surface area contributed by atoms with Gasteiger partial charge in [0.15, 0.2) is 6.19 Å². The van der Waals surface area contributed by atoms with Gasteiger partial charge >= 0.3 is 0 Å². The van der Waals surface area contributed by atoms with E-state index < -0.39 is 6.04 Å². The summed E-state index contributed by atoms with van der Waals surface area (Å²) in [6.07, 6.45) is 6.15. The number of likely N-dealkylation sites (tertiary alicyclic amines) is 2. The van der Waals surface area contributed by atoms with Crippen LogP contribution in [0.2, 0.25) is 0 Å². The quantitative estimate of drug-likeness (QED) is 0.330. The van der Waals surface area contributed by atoms with Gasteiger partial charge in [-0.1, -0.05) is 0 Å². The molecule has 1 aromatic carbocycles. The summed E-state index contributed by atoms with van der Waals surface area (Å²) in [5, 5.41) is 15.8. The van der Waals surface area contributed by atoms with E-state index in [0.717, 1.165) is 61.2 Å². The van der Waals surface area contributed by atoms with Crippen molar-refractivity contribution in [3.63, 3.8) is 0 Å². The number of aryl methyl sites for hydroxylation is 1. The molecule has 32 heavy (non-hydrogen) atoms. The second-order valence-corrected chi connectivity index (χ2v) is 8.31. The fourth-order valence-electron chi connectivity index (χ4n) is 4.29. The van der Waals surface area contributed by atoms with Crippen molar-refractivity contribution in [3.8, 4) is 6.19 Å². The number of nitrogens with one attached hydrogen (secondary N) is 2. The van der Waals surface area contributed by atoms with Crippen molar-refractivity contribution < 1.29 is 14.0 Å². The van der Waals surface area contributed by atoms with Crippen LogP contribution in [0, 0.1) is 18.4 Å². The lowest BCUT2D eigenvalue weighted by atomic mass is 10.1. The highest BCUT2D eigenvalue weighted by Gasteiger charge is 2.30. The number of carbonyl (C=O) groups is 2. The maximum atomic E-state index is 13.2. The minimum absolute atomic E-state index is 0.00214. The summed E-state index contributed by atoms with van der Waals surface area (Å²) in [7, 11) is 0. The van der Waals surface area contributed by atoms with E-state index in [-0.39, 0.29) is 24.3 Å². The van der Waals surface area contributed by atoms with Gasteiger partial charge in [0, 0.05) is 30.7 Å². The first-order valence-electron chi connectivity index (χ1n) is 11.1.